The lowest BCUT2D eigenvalue weighted by molar-refractivity contribution is 0.424. The SMILES string of the molecule is CCN(CCCNC(=NC)NCC(C)c1ccsc1)S(C)(=O)=O.I. The van der Waals surface area contributed by atoms with Gasteiger partial charge in [0, 0.05) is 33.2 Å². The van der Waals surface area contributed by atoms with E-state index in [4.69, 9.17) is 0 Å². The third-order valence-corrected chi connectivity index (χ3v) is 5.69. The number of hydrogen-bond donors (Lipinski definition) is 2. The van der Waals surface area contributed by atoms with E-state index in [1.807, 2.05) is 6.92 Å². The predicted octanol–water partition coefficient (Wildman–Crippen LogP) is 2.31. The average molecular weight is 488 g/mol. The van der Waals surface area contributed by atoms with Crippen LogP contribution in [0.15, 0.2) is 21.8 Å². The zero-order chi connectivity index (χ0) is 17.3. The molecular formula is C15H29IN4O2S2. The maximum atomic E-state index is 11.5. The predicted molar refractivity (Wildman–Crippen MR) is 114 cm³/mol. The normalized spacial score (nSPS) is 13.5. The molecule has 0 aromatic carbocycles. The van der Waals surface area contributed by atoms with E-state index in [2.05, 4.69) is 39.4 Å². The zero-order valence-corrected chi connectivity index (χ0v) is 18.7. The number of hydrogen-bond acceptors (Lipinski definition) is 4. The van der Waals surface area contributed by atoms with Crippen LogP contribution in [0.1, 0.15) is 31.7 Å². The number of sulfonamides is 1. The number of nitrogens with one attached hydrogen (secondary N) is 2. The molecule has 0 aliphatic carbocycles. The molecule has 1 unspecified atom stereocenters. The van der Waals surface area contributed by atoms with E-state index in [-0.39, 0.29) is 24.0 Å². The van der Waals surface area contributed by atoms with Crippen molar-refractivity contribution in [2.45, 2.75) is 26.2 Å². The Hall–Kier alpha value is -0.390. The Morgan fingerprint density at radius 1 is 1.42 bits per heavy atom. The van der Waals surface area contributed by atoms with Crippen LogP contribution in [0.3, 0.4) is 0 Å². The zero-order valence-electron chi connectivity index (χ0n) is 14.8. The summed E-state index contributed by atoms with van der Waals surface area (Å²) >= 11 is 1.70. The van der Waals surface area contributed by atoms with Gasteiger partial charge >= 0.3 is 0 Å². The van der Waals surface area contributed by atoms with Crippen LogP contribution in [0.5, 0.6) is 0 Å². The molecule has 1 aromatic heterocycles. The van der Waals surface area contributed by atoms with Crippen molar-refractivity contribution in [3.63, 3.8) is 0 Å². The molecule has 1 aromatic rings. The van der Waals surface area contributed by atoms with Gasteiger partial charge in [0.1, 0.15) is 0 Å². The maximum absolute atomic E-state index is 11.5. The van der Waals surface area contributed by atoms with Gasteiger partial charge in [-0.3, -0.25) is 4.99 Å². The third kappa shape index (κ3) is 8.63. The standard InChI is InChI=1S/C15H28N4O2S2.HI/c1-5-19(23(4,20)21)9-6-8-17-15(16-3)18-11-13(2)14-7-10-22-12-14;/h7,10,12-13H,5-6,8-9,11H2,1-4H3,(H2,16,17,18);1H. The minimum atomic E-state index is -3.11. The lowest BCUT2D eigenvalue weighted by atomic mass is 10.1. The molecule has 1 heterocycles. The van der Waals surface area contributed by atoms with Crippen molar-refractivity contribution in [2.24, 2.45) is 4.99 Å². The molecule has 0 fully saturated rings. The van der Waals surface area contributed by atoms with Crippen LogP contribution in [0.4, 0.5) is 0 Å². The summed E-state index contributed by atoms with van der Waals surface area (Å²) in [6.07, 6.45) is 1.98. The molecule has 2 N–H and O–H groups in total. The van der Waals surface area contributed by atoms with Gasteiger partial charge in [-0.15, -0.1) is 24.0 Å². The van der Waals surface area contributed by atoms with Crippen molar-refractivity contribution in [3.8, 4) is 0 Å². The molecule has 0 aliphatic heterocycles. The highest BCUT2D eigenvalue weighted by Crippen LogP contribution is 2.16. The van der Waals surface area contributed by atoms with Gasteiger partial charge in [-0.1, -0.05) is 13.8 Å². The van der Waals surface area contributed by atoms with Crippen molar-refractivity contribution in [3.05, 3.63) is 22.4 Å². The number of halogens is 1. The monoisotopic (exact) mass is 488 g/mol. The molecule has 0 spiro atoms. The summed E-state index contributed by atoms with van der Waals surface area (Å²) < 4.78 is 24.5. The first kappa shape index (κ1) is 23.6. The summed E-state index contributed by atoms with van der Waals surface area (Å²) in [6.45, 7) is 6.53. The summed E-state index contributed by atoms with van der Waals surface area (Å²) in [7, 11) is -1.37. The Balaban J connectivity index is 0.00000529. The van der Waals surface area contributed by atoms with Crippen molar-refractivity contribution in [1.82, 2.24) is 14.9 Å². The molecule has 0 bridgehead atoms. The van der Waals surface area contributed by atoms with Crippen LogP contribution < -0.4 is 10.6 Å². The van der Waals surface area contributed by atoms with E-state index in [1.54, 1.807) is 18.4 Å². The second-order valence-corrected chi connectivity index (χ2v) is 8.21. The molecule has 0 radical (unpaired) electrons. The number of thiophene rings is 1. The third-order valence-electron chi connectivity index (χ3n) is 3.61. The first-order valence-corrected chi connectivity index (χ1v) is 10.6. The van der Waals surface area contributed by atoms with Crippen molar-refractivity contribution >= 4 is 51.3 Å². The van der Waals surface area contributed by atoms with Crippen LogP contribution in [-0.2, 0) is 10.0 Å². The highest BCUT2D eigenvalue weighted by molar-refractivity contribution is 14.0. The smallest absolute Gasteiger partial charge is 0.211 e. The molecule has 0 amide bonds. The first-order valence-electron chi connectivity index (χ1n) is 7.80. The van der Waals surface area contributed by atoms with Crippen LogP contribution in [0.2, 0.25) is 0 Å². The van der Waals surface area contributed by atoms with Gasteiger partial charge in [0.2, 0.25) is 10.0 Å². The van der Waals surface area contributed by atoms with Crippen LogP contribution in [0, 0.1) is 0 Å². The molecule has 0 saturated heterocycles. The first-order chi connectivity index (χ1) is 10.9. The number of aliphatic imine (C=N–C) groups is 1. The molecule has 0 saturated carbocycles. The Labute approximate surface area is 167 Å². The van der Waals surface area contributed by atoms with Gasteiger partial charge in [0.15, 0.2) is 5.96 Å². The van der Waals surface area contributed by atoms with Crippen molar-refractivity contribution < 1.29 is 8.42 Å². The molecule has 1 atom stereocenters. The summed E-state index contributed by atoms with van der Waals surface area (Å²) in [5, 5.41) is 10.8. The summed E-state index contributed by atoms with van der Waals surface area (Å²) in [5.74, 6) is 1.16. The Morgan fingerprint density at radius 3 is 2.62 bits per heavy atom. The summed E-state index contributed by atoms with van der Waals surface area (Å²) in [5.41, 5.74) is 1.32. The van der Waals surface area contributed by atoms with Gasteiger partial charge in [-0.05, 0) is 34.7 Å². The molecular weight excluding hydrogens is 459 g/mol. The van der Waals surface area contributed by atoms with Crippen molar-refractivity contribution in [1.29, 1.82) is 0 Å². The Morgan fingerprint density at radius 2 is 2.12 bits per heavy atom. The topological polar surface area (TPSA) is 73.8 Å². The Bertz CT molecular complexity index is 576. The van der Waals surface area contributed by atoms with E-state index in [0.29, 0.717) is 25.6 Å². The van der Waals surface area contributed by atoms with Gasteiger partial charge in [-0.2, -0.15) is 11.3 Å². The summed E-state index contributed by atoms with van der Waals surface area (Å²) in [6, 6.07) is 2.14. The van der Waals surface area contributed by atoms with E-state index in [0.717, 1.165) is 18.9 Å². The van der Waals surface area contributed by atoms with Crippen LogP contribution >= 0.6 is 35.3 Å². The van der Waals surface area contributed by atoms with E-state index in [9.17, 15) is 8.42 Å². The molecule has 140 valence electrons. The minimum Gasteiger partial charge on any atom is -0.356 e. The highest BCUT2D eigenvalue weighted by atomic mass is 127. The van der Waals surface area contributed by atoms with E-state index in [1.165, 1.54) is 16.1 Å². The molecule has 9 heteroatoms. The fourth-order valence-corrected chi connectivity index (χ4v) is 3.88. The van der Waals surface area contributed by atoms with Crippen molar-refractivity contribution in [2.75, 3.05) is 39.5 Å². The van der Waals surface area contributed by atoms with Gasteiger partial charge < -0.3 is 10.6 Å². The molecule has 1 rings (SSSR count). The fourth-order valence-electron chi connectivity index (χ4n) is 2.16. The molecule has 0 aliphatic rings. The second-order valence-electron chi connectivity index (χ2n) is 5.45. The molecule has 6 nitrogen and oxygen atoms in total. The van der Waals surface area contributed by atoms with Crippen LogP contribution in [0.25, 0.3) is 0 Å². The average Bonchev–Trinajstić information content (AvgIpc) is 3.03. The van der Waals surface area contributed by atoms with E-state index < -0.39 is 10.0 Å². The number of rotatable bonds is 9. The minimum absolute atomic E-state index is 0. The van der Waals surface area contributed by atoms with Gasteiger partial charge in [-0.25, -0.2) is 12.7 Å². The fraction of sp³-hybridized carbons (Fsp3) is 0.667. The lowest BCUT2D eigenvalue weighted by Gasteiger charge is -2.19. The largest absolute Gasteiger partial charge is 0.356 e. The maximum Gasteiger partial charge on any atom is 0.211 e. The van der Waals surface area contributed by atoms with E-state index >= 15 is 0 Å². The summed E-state index contributed by atoms with van der Waals surface area (Å²) in [4.78, 5) is 4.19. The Kier molecular flexibility index (Phi) is 11.8. The number of nitrogens with zero attached hydrogens (tertiary/aromatic N) is 2. The number of guanidine groups is 1. The molecule has 24 heavy (non-hydrogen) atoms. The highest BCUT2D eigenvalue weighted by Gasteiger charge is 2.13. The second kappa shape index (κ2) is 12.0. The van der Waals surface area contributed by atoms with Gasteiger partial charge in [0.25, 0.3) is 0 Å². The quantitative estimate of drug-likeness (QED) is 0.242. The van der Waals surface area contributed by atoms with Crippen LogP contribution in [-0.4, -0.2) is 58.2 Å². The lowest BCUT2D eigenvalue weighted by Crippen LogP contribution is -2.40. The van der Waals surface area contributed by atoms with Gasteiger partial charge in [0.05, 0.1) is 6.26 Å².